The van der Waals surface area contributed by atoms with Crippen LogP contribution >= 0.6 is 11.3 Å². The Morgan fingerprint density at radius 1 is 0.951 bits per heavy atom. The molecule has 0 saturated heterocycles. The van der Waals surface area contributed by atoms with Crippen LogP contribution in [0.3, 0.4) is 0 Å². The largest absolute Gasteiger partial charge is 0.489 e. The summed E-state index contributed by atoms with van der Waals surface area (Å²) in [4.78, 5) is 31.9. The molecule has 0 saturated carbocycles. The molecule has 0 aliphatic carbocycles. The van der Waals surface area contributed by atoms with Crippen LogP contribution in [0.15, 0.2) is 118 Å². The third-order valence-electron chi connectivity index (χ3n) is 7.08. The minimum absolute atomic E-state index is 0.201. The Hall–Kier alpha value is -4.75. The van der Waals surface area contributed by atoms with Crippen LogP contribution in [0.2, 0.25) is 0 Å². The van der Waals surface area contributed by atoms with Gasteiger partial charge in [-0.3, -0.25) is 9.36 Å². The van der Waals surface area contributed by atoms with Crippen molar-refractivity contribution in [1.29, 1.82) is 0 Å². The summed E-state index contributed by atoms with van der Waals surface area (Å²) in [5.74, 6) is 0.284. The molecule has 0 spiro atoms. The van der Waals surface area contributed by atoms with Crippen LogP contribution in [0.1, 0.15) is 36.6 Å². The van der Waals surface area contributed by atoms with Crippen molar-refractivity contribution in [2.75, 3.05) is 6.61 Å². The molecule has 1 aliphatic heterocycles. The third kappa shape index (κ3) is 5.24. The molecule has 6 nitrogen and oxygen atoms in total. The number of carbonyl (C=O) groups is 1. The van der Waals surface area contributed by atoms with E-state index in [-0.39, 0.29) is 12.2 Å². The number of benzene rings is 4. The van der Waals surface area contributed by atoms with Gasteiger partial charge in [0, 0.05) is 0 Å². The highest BCUT2D eigenvalue weighted by molar-refractivity contribution is 7.07. The van der Waals surface area contributed by atoms with Crippen LogP contribution in [-0.2, 0) is 16.1 Å². The predicted molar refractivity (Wildman–Crippen MR) is 162 cm³/mol. The lowest BCUT2D eigenvalue weighted by Crippen LogP contribution is -2.39. The maximum Gasteiger partial charge on any atom is 0.338 e. The molecule has 1 atom stereocenters. The van der Waals surface area contributed by atoms with E-state index in [4.69, 9.17) is 9.47 Å². The number of carbonyl (C=O) groups excluding carboxylic acids is 1. The second-order valence-electron chi connectivity index (χ2n) is 9.71. The Labute approximate surface area is 241 Å². The Morgan fingerprint density at radius 3 is 2.46 bits per heavy atom. The average molecular weight is 561 g/mol. The Balaban J connectivity index is 1.31. The molecule has 1 aliphatic rings. The topological polar surface area (TPSA) is 69.9 Å². The van der Waals surface area contributed by atoms with Crippen LogP contribution in [0.5, 0.6) is 5.75 Å². The van der Waals surface area contributed by atoms with E-state index in [0.717, 1.165) is 22.4 Å². The molecule has 41 heavy (non-hydrogen) atoms. The van der Waals surface area contributed by atoms with Crippen LogP contribution in [-0.4, -0.2) is 17.1 Å². The number of esters is 1. The number of nitrogens with zero attached hydrogens (tertiary/aromatic N) is 2. The number of hydrogen-bond acceptors (Lipinski definition) is 6. The maximum absolute atomic E-state index is 13.8. The standard InChI is InChI=1S/C34H28N2O4S/c1-3-39-33(38)30-22(2)35-34-36(31(30)25-11-5-4-6-12-25)32(37)29(41-34)20-23-16-18-27(19-17-23)40-21-26-14-9-13-24-10-7-8-15-28(24)26/h4-20,31H,3,21H2,1-2H3/b29-20+/t31-/m1/s1. The van der Waals surface area contributed by atoms with Crippen LogP contribution in [0.4, 0.5) is 0 Å². The highest BCUT2D eigenvalue weighted by Crippen LogP contribution is 2.30. The lowest BCUT2D eigenvalue weighted by Gasteiger charge is -2.24. The van der Waals surface area contributed by atoms with Crippen LogP contribution in [0.25, 0.3) is 16.8 Å². The van der Waals surface area contributed by atoms with Gasteiger partial charge in [0.05, 0.1) is 28.5 Å². The molecule has 7 heteroatoms. The van der Waals surface area contributed by atoms with Crippen molar-refractivity contribution in [1.82, 2.24) is 4.57 Å². The first-order valence-electron chi connectivity index (χ1n) is 13.5. The van der Waals surface area contributed by atoms with Gasteiger partial charge >= 0.3 is 5.97 Å². The highest BCUT2D eigenvalue weighted by Gasteiger charge is 2.33. The van der Waals surface area contributed by atoms with E-state index >= 15 is 0 Å². The van der Waals surface area contributed by atoms with Gasteiger partial charge in [0.25, 0.3) is 5.56 Å². The van der Waals surface area contributed by atoms with E-state index in [1.165, 1.54) is 22.1 Å². The Kier molecular flexibility index (Phi) is 7.35. The smallest absolute Gasteiger partial charge is 0.338 e. The van der Waals surface area contributed by atoms with Gasteiger partial charge in [-0.2, -0.15) is 0 Å². The van der Waals surface area contributed by atoms with Gasteiger partial charge in [0.2, 0.25) is 0 Å². The van der Waals surface area contributed by atoms with Crippen LogP contribution in [0, 0.1) is 0 Å². The summed E-state index contributed by atoms with van der Waals surface area (Å²) >= 11 is 1.31. The monoisotopic (exact) mass is 560 g/mol. The van der Waals surface area contributed by atoms with Crippen molar-refractivity contribution in [3.63, 3.8) is 0 Å². The lowest BCUT2D eigenvalue weighted by molar-refractivity contribution is -0.139. The fourth-order valence-electron chi connectivity index (χ4n) is 5.13. The number of aromatic nitrogens is 1. The van der Waals surface area contributed by atoms with Crippen molar-refractivity contribution in [2.45, 2.75) is 26.5 Å². The van der Waals surface area contributed by atoms with E-state index in [1.54, 1.807) is 18.4 Å². The van der Waals surface area contributed by atoms with Gasteiger partial charge in [0.15, 0.2) is 4.80 Å². The molecule has 0 unspecified atom stereocenters. The van der Waals surface area contributed by atoms with E-state index in [2.05, 4.69) is 29.3 Å². The number of fused-ring (bicyclic) bond motifs is 2. The number of hydrogen-bond donors (Lipinski definition) is 0. The molecule has 204 valence electrons. The van der Waals surface area contributed by atoms with Gasteiger partial charge < -0.3 is 9.47 Å². The van der Waals surface area contributed by atoms with Gasteiger partial charge in [-0.25, -0.2) is 9.79 Å². The fraction of sp³-hybridized carbons (Fsp3) is 0.147. The van der Waals surface area contributed by atoms with Crippen molar-refractivity contribution in [3.05, 3.63) is 145 Å². The second-order valence-corrected chi connectivity index (χ2v) is 10.7. The van der Waals surface area contributed by atoms with Crippen molar-refractivity contribution < 1.29 is 14.3 Å². The van der Waals surface area contributed by atoms with E-state index in [9.17, 15) is 9.59 Å². The quantitative estimate of drug-likeness (QED) is 0.246. The molecule has 0 radical (unpaired) electrons. The molecular formula is C34H28N2O4S. The first-order chi connectivity index (χ1) is 20.0. The van der Waals surface area contributed by atoms with Crippen molar-refractivity contribution in [3.8, 4) is 5.75 Å². The van der Waals surface area contributed by atoms with Crippen LogP contribution < -0.4 is 19.6 Å². The summed E-state index contributed by atoms with van der Waals surface area (Å²) in [6.07, 6.45) is 1.85. The zero-order valence-electron chi connectivity index (χ0n) is 22.7. The summed E-state index contributed by atoms with van der Waals surface area (Å²) in [6, 6.07) is 31.1. The Bertz CT molecular complexity index is 1950. The Morgan fingerprint density at radius 2 is 1.68 bits per heavy atom. The summed E-state index contributed by atoms with van der Waals surface area (Å²) in [6.45, 7) is 4.25. The fourth-order valence-corrected chi connectivity index (χ4v) is 6.18. The van der Waals surface area contributed by atoms with Gasteiger partial charge in [-0.05, 0) is 59.5 Å². The zero-order chi connectivity index (χ0) is 28.3. The highest BCUT2D eigenvalue weighted by atomic mass is 32.1. The summed E-state index contributed by atoms with van der Waals surface area (Å²) in [7, 11) is 0. The summed E-state index contributed by atoms with van der Waals surface area (Å²) in [5.41, 5.74) is 3.55. The molecule has 5 aromatic rings. The molecule has 6 rings (SSSR count). The predicted octanol–water partition coefficient (Wildman–Crippen LogP) is 5.53. The first-order valence-corrected chi connectivity index (χ1v) is 14.3. The molecular weight excluding hydrogens is 532 g/mol. The normalized spacial score (nSPS) is 15.0. The van der Waals surface area contributed by atoms with Gasteiger partial charge in [-0.1, -0.05) is 96.3 Å². The minimum Gasteiger partial charge on any atom is -0.489 e. The maximum atomic E-state index is 13.8. The summed E-state index contributed by atoms with van der Waals surface area (Å²) in [5, 5.41) is 2.36. The number of allylic oxidation sites excluding steroid dienone is 1. The van der Waals surface area contributed by atoms with Crippen molar-refractivity contribution >= 4 is 34.2 Å². The molecule has 0 amide bonds. The van der Waals surface area contributed by atoms with E-state index < -0.39 is 12.0 Å². The van der Waals surface area contributed by atoms with Gasteiger partial charge in [0.1, 0.15) is 12.4 Å². The molecule has 0 fully saturated rings. The molecule has 0 N–H and O–H groups in total. The van der Waals surface area contributed by atoms with Crippen molar-refractivity contribution in [2.24, 2.45) is 4.99 Å². The summed E-state index contributed by atoms with van der Waals surface area (Å²) < 4.78 is 13.6. The number of ether oxygens (including phenoxy) is 2. The lowest BCUT2D eigenvalue weighted by atomic mass is 9.96. The SMILES string of the molecule is CCOC(=O)C1=C(C)N=c2s/c(=C/c3ccc(OCc4cccc5ccccc45)cc3)c(=O)n2[C@@H]1c1ccccc1. The number of rotatable bonds is 7. The molecule has 2 heterocycles. The van der Waals surface area contributed by atoms with E-state index in [1.807, 2.05) is 78.9 Å². The minimum atomic E-state index is -0.613. The average Bonchev–Trinajstić information content (AvgIpc) is 3.30. The second kappa shape index (κ2) is 11.4. The number of thiazole rings is 1. The first kappa shape index (κ1) is 26.5. The molecule has 4 aromatic carbocycles. The molecule has 1 aromatic heterocycles. The third-order valence-corrected chi connectivity index (χ3v) is 8.07. The molecule has 0 bridgehead atoms. The van der Waals surface area contributed by atoms with Gasteiger partial charge in [-0.15, -0.1) is 0 Å². The zero-order valence-corrected chi connectivity index (χ0v) is 23.6. The van der Waals surface area contributed by atoms with E-state index in [0.29, 0.717) is 27.2 Å².